The van der Waals surface area contributed by atoms with Crippen molar-refractivity contribution in [2.75, 3.05) is 26.7 Å². The predicted molar refractivity (Wildman–Crippen MR) is 160 cm³/mol. The monoisotopic (exact) mass is 586 g/mol. The van der Waals surface area contributed by atoms with Gasteiger partial charge in [-0.2, -0.15) is 9.78 Å². The van der Waals surface area contributed by atoms with Gasteiger partial charge in [-0.3, -0.25) is 19.4 Å². The third-order valence-corrected chi connectivity index (χ3v) is 7.26. The Morgan fingerprint density at radius 1 is 1.05 bits per heavy atom. The van der Waals surface area contributed by atoms with Crippen LogP contribution in [0.3, 0.4) is 0 Å². The van der Waals surface area contributed by atoms with Gasteiger partial charge in [-0.15, -0.1) is 0 Å². The van der Waals surface area contributed by atoms with Gasteiger partial charge < -0.3 is 20.6 Å². The summed E-state index contributed by atoms with van der Waals surface area (Å²) in [6, 6.07) is 17.9. The van der Waals surface area contributed by atoms with E-state index in [0.29, 0.717) is 22.2 Å². The van der Waals surface area contributed by atoms with Crippen molar-refractivity contribution in [2.45, 2.75) is 23.1 Å². The van der Waals surface area contributed by atoms with E-state index in [1.165, 1.54) is 21.3 Å². The van der Waals surface area contributed by atoms with Gasteiger partial charge in [0.05, 0.1) is 28.9 Å². The molecular weight excluding hydrogens is 556 g/mol. The summed E-state index contributed by atoms with van der Waals surface area (Å²) in [5.74, 6) is -1.71. The van der Waals surface area contributed by atoms with E-state index in [1.54, 1.807) is 44.5 Å². The SMILES string of the molecule is CCN(CC(=O)NCCC(=O)O)C(=O)n1nc(/C=C/c2ccccn2)c2ccc(Sc3ccccc3C(=O)NC)cc21. The minimum atomic E-state index is -1.03. The van der Waals surface area contributed by atoms with Crippen LogP contribution in [-0.2, 0) is 9.59 Å². The Kier molecular flexibility index (Phi) is 10.1. The minimum absolute atomic E-state index is 0.0365. The zero-order chi connectivity index (χ0) is 30.1. The largest absolute Gasteiger partial charge is 0.481 e. The van der Waals surface area contributed by atoms with Gasteiger partial charge in [-0.1, -0.05) is 30.0 Å². The Morgan fingerprint density at radius 2 is 1.83 bits per heavy atom. The van der Waals surface area contributed by atoms with Gasteiger partial charge >= 0.3 is 12.0 Å². The maximum atomic E-state index is 13.7. The van der Waals surface area contributed by atoms with Crippen molar-refractivity contribution in [3.8, 4) is 0 Å². The number of fused-ring (bicyclic) bond motifs is 1. The standard InChI is InChI=1S/C30H30N6O5S/c1-3-35(19-27(37)33-17-15-28(38)39)30(41)36-25-18-21(42-26-10-5-4-9-23(26)29(40)31-2)12-13-22(25)24(34-36)14-11-20-8-6-7-16-32-20/h4-14,16,18H,3,15,17,19H2,1-2H3,(H,31,40)(H,33,37)(H,38,39)/b14-11+. The quantitative estimate of drug-likeness (QED) is 0.239. The molecule has 0 atom stereocenters. The lowest BCUT2D eigenvalue weighted by atomic mass is 10.2. The van der Waals surface area contributed by atoms with Crippen molar-refractivity contribution < 1.29 is 24.3 Å². The van der Waals surface area contributed by atoms with Crippen molar-refractivity contribution in [1.82, 2.24) is 30.3 Å². The molecule has 0 bridgehead atoms. The second kappa shape index (κ2) is 14.1. The number of aliphatic carboxylic acids is 1. The molecule has 0 fully saturated rings. The maximum Gasteiger partial charge on any atom is 0.345 e. The Morgan fingerprint density at radius 3 is 2.55 bits per heavy atom. The number of amides is 3. The van der Waals surface area contributed by atoms with E-state index < -0.39 is 17.9 Å². The molecule has 0 saturated heterocycles. The molecule has 4 rings (SSSR count). The number of rotatable bonds is 11. The highest BCUT2D eigenvalue weighted by Gasteiger charge is 2.22. The highest BCUT2D eigenvalue weighted by molar-refractivity contribution is 7.99. The first kappa shape index (κ1) is 30.0. The Hall–Kier alpha value is -4.97. The van der Waals surface area contributed by atoms with Gasteiger partial charge in [0.15, 0.2) is 0 Å². The van der Waals surface area contributed by atoms with E-state index in [-0.39, 0.29) is 32.0 Å². The summed E-state index contributed by atoms with van der Waals surface area (Å²) in [5, 5.41) is 19.3. The lowest BCUT2D eigenvalue weighted by Crippen LogP contribution is -2.43. The van der Waals surface area contributed by atoms with E-state index in [4.69, 9.17) is 5.11 Å². The van der Waals surface area contributed by atoms with Crippen molar-refractivity contribution in [1.29, 1.82) is 0 Å². The number of carbonyl (C=O) groups excluding carboxylic acids is 3. The summed E-state index contributed by atoms with van der Waals surface area (Å²) in [4.78, 5) is 56.5. The molecule has 3 N–H and O–H groups in total. The second-order valence-electron chi connectivity index (χ2n) is 9.03. The minimum Gasteiger partial charge on any atom is -0.481 e. The molecule has 11 nitrogen and oxygen atoms in total. The van der Waals surface area contributed by atoms with Gasteiger partial charge in [0.2, 0.25) is 5.91 Å². The van der Waals surface area contributed by atoms with Crippen LogP contribution >= 0.6 is 11.8 Å². The lowest BCUT2D eigenvalue weighted by Gasteiger charge is -2.20. The Bertz CT molecular complexity index is 1640. The fourth-order valence-electron chi connectivity index (χ4n) is 4.08. The number of aromatic nitrogens is 3. The average Bonchev–Trinajstić information content (AvgIpc) is 3.36. The number of pyridine rings is 1. The van der Waals surface area contributed by atoms with Crippen LogP contribution in [0.4, 0.5) is 4.79 Å². The van der Waals surface area contributed by atoms with Gasteiger partial charge in [0, 0.05) is 41.5 Å². The van der Waals surface area contributed by atoms with Crippen LogP contribution in [0.1, 0.15) is 35.1 Å². The number of carboxylic acid groups (broad SMARTS) is 1. The van der Waals surface area contributed by atoms with E-state index >= 15 is 0 Å². The second-order valence-corrected chi connectivity index (χ2v) is 10.1. The molecule has 2 heterocycles. The van der Waals surface area contributed by atoms with Gasteiger partial charge in [0.25, 0.3) is 5.91 Å². The highest BCUT2D eigenvalue weighted by atomic mass is 32.2. The summed E-state index contributed by atoms with van der Waals surface area (Å²) < 4.78 is 1.26. The molecule has 0 unspecified atom stereocenters. The number of hydrogen-bond donors (Lipinski definition) is 3. The first-order valence-corrected chi connectivity index (χ1v) is 14.0. The zero-order valence-electron chi connectivity index (χ0n) is 23.1. The molecular formula is C30H30N6O5S. The average molecular weight is 587 g/mol. The highest BCUT2D eigenvalue weighted by Crippen LogP contribution is 2.33. The number of carboxylic acids is 1. The topological polar surface area (TPSA) is 147 Å². The summed E-state index contributed by atoms with van der Waals surface area (Å²) in [5.41, 5.74) is 2.30. The van der Waals surface area contributed by atoms with Crippen LogP contribution in [0, 0.1) is 0 Å². The van der Waals surface area contributed by atoms with Crippen LogP contribution in [-0.4, -0.2) is 75.3 Å². The fraction of sp³-hybridized carbons (Fsp3) is 0.200. The smallest absolute Gasteiger partial charge is 0.345 e. The number of likely N-dealkylation sites (N-methyl/N-ethyl adjacent to an activating group) is 1. The van der Waals surface area contributed by atoms with E-state index in [2.05, 4.69) is 20.7 Å². The van der Waals surface area contributed by atoms with Crippen LogP contribution in [0.2, 0.25) is 0 Å². The molecule has 0 aliphatic rings. The molecule has 0 aliphatic heterocycles. The molecule has 0 aliphatic carbocycles. The molecule has 42 heavy (non-hydrogen) atoms. The molecule has 0 spiro atoms. The summed E-state index contributed by atoms with van der Waals surface area (Å²) in [7, 11) is 1.58. The van der Waals surface area contributed by atoms with Gasteiger partial charge in [0.1, 0.15) is 6.54 Å². The predicted octanol–water partition coefficient (Wildman–Crippen LogP) is 3.99. The fourth-order valence-corrected chi connectivity index (χ4v) is 5.06. The summed E-state index contributed by atoms with van der Waals surface area (Å²) in [6.07, 6.45) is 5.04. The van der Waals surface area contributed by atoms with Crippen LogP contribution < -0.4 is 10.6 Å². The normalized spacial score (nSPS) is 11.0. The number of nitrogens with one attached hydrogen (secondary N) is 2. The van der Waals surface area contributed by atoms with Crippen LogP contribution in [0.25, 0.3) is 23.1 Å². The number of benzene rings is 2. The van der Waals surface area contributed by atoms with Crippen LogP contribution in [0.5, 0.6) is 0 Å². The first-order chi connectivity index (χ1) is 20.3. The maximum absolute atomic E-state index is 13.7. The van der Waals surface area contributed by atoms with Gasteiger partial charge in [-0.25, -0.2) is 4.79 Å². The van der Waals surface area contributed by atoms with E-state index in [1.807, 2.05) is 48.5 Å². The molecule has 0 saturated carbocycles. The third kappa shape index (κ3) is 7.40. The molecule has 2 aromatic heterocycles. The molecule has 3 amide bonds. The number of carbonyl (C=O) groups is 4. The molecule has 2 aromatic carbocycles. The summed E-state index contributed by atoms with van der Waals surface area (Å²) >= 11 is 1.38. The van der Waals surface area contributed by atoms with Crippen molar-refractivity contribution in [3.63, 3.8) is 0 Å². The third-order valence-electron chi connectivity index (χ3n) is 6.20. The Labute approximate surface area is 246 Å². The van der Waals surface area contributed by atoms with Crippen molar-refractivity contribution in [3.05, 3.63) is 83.8 Å². The van der Waals surface area contributed by atoms with E-state index in [0.717, 1.165) is 15.5 Å². The first-order valence-electron chi connectivity index (χ1n) is 13.2. The Balaban J connectivity index is 1.70. The summed E-state index contributed by atoms with van der Waals surface area (Å²) in [6.45, 7) is 1.67. The molecule has 0 radical (unpaired) electrons. The molecule has 4 aromatic rings. The molecule has 12 heteroatoms. The van der Waals surface area contributed by atoms with Crippen molar-refractivity contribution in [2.24, 2.45) is 0 Å². The lowest BCUT2D eigenvalue weighted by molar-refractivity contribution is -0.136. The van der Waals surface area contributed by atoms with Crippen molar-refractivity contribution >= 4 is 58.6 Å². The van der Waals surface area contributed by atoms with Crippen LogP contribution in [0.15, 0.2) is 76.7 Å². The zero-order valence-corrected chi connectivity index (χ0v) is 23.9. The van der Waals surface area contributed by atoms with E-state index in [9.17, 15) is 19.2 Å². The number of nitrogens with zero attached hydrogens (tertiary/aromatic N) is 4. The molecule has 216 valence electrons. The van der Waals surface area contributed by atoms with Gasteiger partial charge in [-0.05, 0) is 61.5 Å². The number of hydrogen-bond acceptors (Lipinski definition) is 7.